The predicted molar refractivity (Wildman–Crippen MR) is 148 cm³/mol. The zero-order valence-electron chi connectivity index (χ0n) is 21.6. The van der Waals surface area contributed by atoms with Crippen molar-refractivity contribution in [3.05, 3.63) is 83.6 Å². The molecule has 3 heterocycles. The van der Waals surface area contributed by atoms with E-state index < -0.39 is 6.04 Å². The number of para-hydroxylation sites is 1. The number of nitrogens with one attached hydrogen (secondary N) is 2. The fourth-order valence-electron chi connectivity index (χ4n) is 5.39. The third-order valence-corrected chi connectivity index (χ3v) is 7.44. The summed E-state index contributed by atoms with van der Waals surface area (Å²) in [6, 6.07) is 18.5. The molecule has 2 aliphatic heterocycles. The maximum Gasteiger partial charge on any atom is 0.255 e. The number of fused-ring (bicyclic) bond motifs is 2. The summed E-state index contributed by atoms with van der Waals surface area (Å²) in [7, 11) is 0. The van der Waals surface area contributed by atoms with E-state index in [1.54, 1.807) is 6.07 Å². The number of nitrogens with zero attached hydrogens (tertiary/aromatic N) is 1. The fraction of sp³-hybridized carbons (Fsp3) is 0.290. The predicted octanol–water partition coefficient (Wildman–Crippen LogP) is 4.18. The topological polar surface area (TPSA) is 104 Å². The number of amides is 2. The van der Waals surface area contributed by atoms with Crippen LogP contribution in [0, 0.1) is 0 Å². The van der Waals surface area contributed by atoms with Gasteiger partial charge in [0.25, 0.3) is 11.8 Å². The second kappa shape index (κ2) is 10.8. The van der Waals surface area contributed by atoms with E-state index in [0.29, 0.717) is 42.3 Å². The summed E-state index contributed by atoms with van der Waals surface area (Å²) in [6.07, 6.45) is 4.48. The molecule has 0 bridgehead atoms. The second-order valence-corrected chi connectivity index (χ2v) is 10.0. The smallest absolute Gasteiger partial charge is 0.255 e. The Morgan fingerprint density at radius 1 is 0.974 bits per heavy atom. The summed E-state index contributed by atoms with van der Waals surface area (Å²) >= 11 is 0. The number of carbonyl (C=O) groups is 2. The summed E-state index contributed by atoms with van der Waals surface area (Å²) in [4.78, 5) is 31.4. The molecule has 39 heavy (non-hydrogen) atoms. The third kappa shape index (κ3) is 5.07. The molecule has 8 nitrogen and oxygen atoms in total. The number of hydrogen-bond donors (Lipinski definition) is 3. The average molecular weight is 526 g/mol. The number of aliphatic hydroxyl groups excluding tert-OH is 1. The van der Waals surface area contributed by atoms with E-state index in [1.165, 1.54) is 0 Å². The quantitative estimate of drug-likeness (QED) is 0.336. The molecule has 0 saturated carbocycles. The van der Waals surface area contributed by atoms with Crippen LogP contribution < -0.4 is 14.8 Å². The lowest BCUT2D eigenvalue weighted by Crippen LogP contribution is -2.39. The van der Waals surface area contributed by atoms with Crippen molar-refractivity contribution in [3.8, 4) is 22.6 Å². The Balaban J connectivity index is 1.25. The summed E-state index contributed by atoms with van der Waals surface area (Å²) in [6.45, 7) is 2.13. The van der Waals surface area contributed by atoms with Gasteiger partial charge < -0.3 is 29.8 Å². The highest BCUT2D eigenvalue weighted by Gasteiger charge is 2.25. The first-order valence-corrected chi connectivity index (χ1v) is 13.4. The number of aliphatic hydroxyl groups is 1. The van der Waals surface area contributed by atoms with E-state index in [1.807, 2.05) is 65.7 Å². The van der Waals surface area contributed by atoms with E-state index >= 15 is 0 Å². The lowest BCUT2D eigenvalue weighted by atomic mass is 9.99. The number of benzene rings is 3. The first kappa shape index (κ1) is 25.0. The van der Waals surface area contributed by atoms with E-state index in [-0.39, 0.29) is 18.4 Å². The Labute approximate surface area is 226 Å². The van der Waals surface area contributed by atoms with Gasteiger partial charge in [-0.1, -0.05) is 30.3 Å². The van der Waals surface area contributed by atoms with Crippen LogP contribution in [0.4, 0.5) is 0 Å². The van der Waals surface area contributed by atoms with Crippen LogP contribution in [0.2, 0.25) is 0 Å². The number of carbonyl (C=O) groups excluding carboxylic acids is 2. The van der Waals surface area contributed by atoms with Crippen LogP contribution in [-0.2, 0) is 6.42 Å². The van der Waals surface area contributed by atoms with E-state index in [2.05, 4.69) is 10.3 Å². The lowest BCUT2D eigenvalue weighted by molar-refractivity contribution is 0.0792. The zero-order valence-corrected chi connectivity index (χ0v) is 21.6. The van der Waals surface area contributed by atoms with E-state index in [4.69, 9.17) is 9.47 Å². The molecular formula is C31H31N3O5. The Kier molecular flexibility index (Phi) is 6.94. The molecule has 0 spiro atoms. The molecule has 3 N–H and O–H groups in total. The monoisotopic (exact) mass is 525 g/mol. The van der Waals surface area contributed by atoms with Crippen LogP contribution in [0.3, 0.4) is 0 Å². The molecule has 1 atom stereocenters. The fourth-order valence-corrected chi connectivity index (χ4v) is 5.39. The maximum absolute atomic E-state index is 13.5. The summed E-state index contributed by atoms with van der Waals surface area (Å²) in [5.41, 5.74) is 4.66. The van der Waals surface area contributed by atoms with Gasteiger partial charge in [-0.3, -0.25) is 9.59 Å². The average Bonchev–Trinajstić information content (AvgIpc) is 3.67. The van der Waals surface area contributed by atoms with Crippen LogP contribution in [0.25, 0.3) is 22.0 Å². The van der Waals surface area contributed by atoms with Crippen LogP contribution in [0.5, 0.6) is 11.5 Å². The standard InChI is InChI=1S/C31H31N3O5/c35-19-24(15-23-18-32-27-6-2-1-5-25(23)27)33-30(36)26-16-22(17-28-29(26)39-14-13-38-28)20-7-9-21(10-8-20)31(37)34-11-3-4-12-34/h1-2,5-10,16-18,24,32,35H,3-4,11-15,19H2,(H,33,36)/t24-/m1/s1. The first-order valence-electron chi connectivity index (χ1n) is 13.4. The Morgan fingerprint density at radius 3 is 2.54 bits per heavy atom. The van der Waals surface area contributed by atoms with Crippen molar-refractivity contribution in [3.63, 3.8) is 0 Å². The van der Waals surface area contributed by atoms with Gasteiger partial charge in [0.15, 0.2) is 11.5 Å². The number of aromatic nitrogens is 1. The largest absolute Gasteiger partial charge is 0.486 e. The van der Waals surface area contributed by atoms with Crippen LogP contribution in [-0.4, -0.2) is 65.8 Å². The van der Waals surface area contributed by atoms with Crippen molar-refractivity contribution >= 4 is 22.7 Å². The number of aromatic amines is 1. The molecule has 6 rings (SSSR count). The molecule has 3 aromatic carbocycles. The zero-order chi connectivity index (χ0) is 26.8. The van der Waals surface area contributed by atoms with Crippen molar-refractivity contribution in [2.75, 3.05) is 32.9 Å². The number of ether oxygens (including phenoxy) is 2. The molecule has 1 fully saturated rings. The molecular weight excluding hydrogens is 494 g/mol. The van der Waals surface area contributed by atoms with E-state index in [9.17, 15) is 14.7 Å². The Bertz CT molecular complexity index is 1500. The van der Waals surface area contributed by atoms with Gasteiger partial charge in [0.05, 0.1) is 18.2 Å². The van der Waals surface area contributed by atoms with Crippen molar-refractivity contribution in [1.29, 1.82) is 0 Å². The van der Waals surface area contributed by atoms with Gasteiger partial charge in [0, 0.05) is 35.8 Å². The lowest BCUT2D eigenvalue weighted by Gasteiger charge is -2.23. The highest BCUT2D eigenvalue weighted by atomic mass is 16.6. The van der Waals surface area contributed by atoms with Gasteiger partial charge in [-0.25, -0.2) is 0 Å². The van der Waals surface area contributed by atoms with Crippen LogP contribution in [0.1, 0.15) is 39.1 Å². The van der Waals surface area contributed by atoms with Crippen molar-refractivity contribution in [2.24, 2.45) is 0 Å². The Hall–Kier alpha value is -4.30. The van der Waals surface area contributed by atoms with E-state index in [0.717, 1.165) is 53.5 Å². The molecule has 0 radical (unpaired) electrons. The summed E-state index contributed by atoms with van der Waals surface area (Å²) in [5.74, 6) is 0.593. The van der Waals surface area contributed by atoms with Gasteiger partial charge >= 0.3 is 0 Å². The van der Waals surface area contributed by atoms with Crippen molar-refractivity contribution < 1.29 is 24.2 Å². The SMILES string of the molecule is O=C(N[C@@H](CO)Cc1c[nH]c2ccccc12)c1cc(-c2ccc(C(=O)N3CCCC3)cc2)cc2c1OCCO2. The number of likely N-dealkylation sites (tertiary alicyclic amines) is 1. The first-order chi connectivity index (χ1) is 19.1. The van der Waals surface area contributed by atoms with Gasteiger partial charge in [0.2, 0.25) is 0 Å². The van der Waals surface area contributed by atoms with Gasteiger partial charge in [-0.2, -0.15) is 0 Å². The Morgan fingerprint density at radius 2 is 1.74 bits per heavy atom. The third-order valence-electron chi connectivity index (χ3n) is 7.44. The molecule has 200 valence electrons. The minimum atomic E-state index is -0.489. The molecule has 2 aliphatic rings. The highest BCUT2D eigenvalue weighted by molar-refractivity contribution is 6.00. The molecule has 0 unspecified atom stereocenters. The van der Waals surface area contributed by atoms with Gasteiger partial charge in [-0.05, 0) is 66.3 Å². The maximum atomic E-state index is 13.5. The number of hydrogen-bond acceptors (Lipinski definition) is 5. The highest BCUT2D eigenvalue weighted by Crippen LogP contribution is 2.38. The van der Waals surface area contributed by atoms with Gasteiger partial charge in [0.1, 0.15) is 13.2 Å². The summed E-state index contributed by atoms with van der Waals surface area (Å²) in [5, 5.41) is 14.1. The van der Waals surface area contributed by atoms with Crippen LogP contribution in [0.15, 0.2) is 66.9 Å². The minimum absolute atomic E-state index is 0.0477. The number of H-pyrrole nitrogens is 1. The molecule has 0 aliphatic carbocycles. The summed E-state index contributed by atoms with van der Waals surface area (Å²) < 4.78 is 11.7. The van der Waals surface area contributed by atoms with Crippen molar-refractivity contribution in [2.45, 2.75) is 25.3 Å². The minimum Gasteiger partial charge on any atom is -0.486 e. The van der Waals surface area contributed by atoms with Crippen LogP contribution >= 0.6 is 0 Å². The molecule has 4 aromatic rings. The molecule has 2 amide bonds. The molecule has 1 saturated heterocycles. The number of rotatable bonds is 7. The van der Waals surface area contributed by atoms with Crippen molar-refractivity contribution in [1.82, 2.24) is 15.2 Å². The normalized spacial score (nSPS) is 15.4. The second-order valence-electron chi connectivity index (χ2n) is 10.0. The van der Waals surface area contributed by atoms with Gasteiger partial charge in [-0.15, -0.1) is 0 Å². The molecule has 1 aromatic heterocycles. The molecule has 8 heteroatoms.